The van der Waals surface area contributed by atoms with Crippen molar-refractivity contribution in [3.63, 3.8) is 0 Å². The van der Waals surface area contributed by atoms with Gasteiger partial charge in [-0.25, -0.2) is 9.78 Å². The topological polar surface area (TPSA) is 97.5 Å². The molecule has 0 radical (unpaired) electrons. The van der Waals surface area contributed by atoms with E-state index in [0.717, 1.165) is 0 Å². The van der Waals surface area contributed by atoms with Crippen molar-refractivity contribution in [2.24, 2.45) is 11.1 Å². The predicted molar refractivity (Wildman–Crippen MR) is 82.7 cm³/mol. The molecule has 1 atom stereocenters. The number of ether oxygens (including phenoxy) is 1. The van der Waals surface area contributed by atoms with Crippen LogP contribution in [0.3, 0.4) is 0 Å². The van der Waals surface area contributed by atoms with Gasteiger partial charge in [0.1, 0.15) is 11.6 Å². The molecule has 7 heteroatoms. The minimum atomic E-state index is -0.653. The summed E-state index contributed by atoms with van der Waals surface area (Å²) in [6.45, 7) is 6.89. The largest absolute Gasteiger partial charge is 0.492 e. The fraction of sp³-hybridized carbons (Fsp3) is 0.533. The highest BCUT2D eigenvalue weighted by Crippen LogP contribution is 2.29. The minimum absolute atomic E-state index is 0.277. The van der Waals surface area contributed by atoms with Crippen LogP contribution in [-0.4, -0.2) is 41.5 Å². The lowest BCUT2D eigenvalue weighted by atomic mass is 9.89. The van der Waals surface area contributed by atoms with Crippen LogP contribution in [0.5, 0.6) is 5.75 Å². The molecule has 120 valence electrons. The first kappa shape index (κ1) is 16.1. The standard InChI is InChI=1S/C15H22N4O3/c1-4-22-11-5-6-12(17-10(11)2)18-14(21)19-8-7-15(3,9-19)13(16)20/h5-6H,4,7-9H2,1-3H3,(H2,16,20)(H,17,18,21). The van der Waals surface area contributed by atoms with Crippen molar-refractivity contribution in [2.75, 3.05) is 25.0 Å². The third kappa shape index (κ3) is 3.29. The van der Waals surface area contributed by atoms with Gasteiger partial charge in [-0.05, 0) is 39.3 Å². The summed E-state index contributed by atoms with van der Waals surface area (Å²) in [7, 11) is 0. The molecule has 0 bridgehead atoms. The zero-order valence-electron chi connectivity index (χ0n) is 13.2. The van der Waals surface area contributed by atoms with Crippen molar-refractivity contribution >= 4 is 17.8 Å². The maximum absolute atomic E-state index is 12.2. The highest BCUT2D eigenvalue weighted by Gasteiger charge is 2.40. The van der Waals surface area contributed by atoms with E-state index in [1.54, 1.807) is 24.0 Å². The van der Waals surface area contributed by atoms with Gasteiger partial charge in [0.15, 0.2) is 0 Å². The summed E-state index contributed by atoms with van der Waals surface area (Å²) in [4.78, 5) is 29.6. The molecule has 1 fully saturated rings. The molecule has 0 spiro atoms. The average Bonchev–Trinajstić information content (AvgIpc) is 2.86. The molecule has 22 heavy (non-hydrogen) atoms. The lowest BCUT2D eigenvalue weighted by Crippen LogP contribution is -2.40. The van der Waals surface area contributed by atoms with Crippen LogP contribution in [0, 0.1) is 12.3 Å². The lowest BCUT2D eigenvalue weighted by molar-refractivity contribution is -0.126. The number of carbonyl (C=O) groups excluding carboxylic acids is 2. The Morgan fingerprint density at radius 2 is 2.23 bits per heavy atom. The summed E-state index contributed by atoms with van der Waals surface area (Å²) in [6, 6.07) is 3.19. The van der Waals surface area contributed by atoms with Gasteiger partial charge in [0.2, 0.25) is 5.91 Å². The third-order valence-corrected chi connectivity index (χ3v) is 3.93. The quantitative estimate of drug-likeness (QED) is 0.881. The number of likely N-dealkylation sites (tertiary alicyclic amines) is 1. The molecule has 1 aromatic rings. The molecule has 1 aromatic heterocycles. The summed E-state index contributed by atoms with van der Waals surface area (Å²) < 4.78 is 5.41. The first-order chi connectivity index (χ1) is 10.4. The second-order valence-corrected chi connectivity index (χ2v) is 5.74. The Morgan fingerprint density at radius 1 is 1.50 bits per heavy atom. The molecule has 2 rings (SSSR count). The number of aryl methyl sites for hydroxylation is 1. The molecular formula is C15H22N4O3. The van der Waals surface area contributed by atoms with Crippen LogP contribution in [0.15, 0.2) is 12.1 Å². The Morgan fingerprint density at radius 3 is 2.77 bits per heavy atom. The number of rotatable bonds is 4. The number of aromatic nitrogens is 1. The molecule has 3 amide bonds. The van der Waals surface area contributed by atoms with Crippen molar-refractivity contribution in [1.82, 2.24) is 9.88 Å². The molecule has 2 heterocycles. The third-order valence-electron chi connectivity index (χ3n) is 3.93. The number of nitrogens with zero attached hydrogens (tertiary/aromatic N) is 2. The van der Waals surface area contributed by atoms with Crippen molar-refractivity contribution in [3.8, 4) is 5.75 Å². The molecule has 7 nitrogen and oxygen atoms in total. The van der Waals surface area contributed by atoms with Gasteiger partial charge in [-0.2, -0.15) is 0 Å². The highest BCUT2D eigenvalue weighted by atomic mass is 16.5. The van der Waals surface area contributed by atoms with E-state index in [-0.39, 0.29) is 11.9 Å². The zero-order valence-corrected chi connectivity index (χ0v) is 13.2. The second kappa shape index (κ2) is 6.21. The normalized spacial score (nSPS) is 20.8. The van der Waals surface area contributed by atoms with Gasteiger partial charge in [0.25, 0.3) is 0 Å². The van der Waals surface area contributed by atoms with E-state index in [4.69, 9.17) is 10.5 Å². The average molecular weight is 306 g/mol. The number of hydrogen-bond acceptors (Lipinski definition) is 4. The first-order valence-corrected chi connectivity index (χ1v) is 7.32. The molecular weight excluding hydrogens is 284 g/mol. The lowest BCUT2D eigenvalue weighted by Gasteiger charge is -2.21. The van der Waals surface area contributed by atoms with Crippen LogP contribution >= 0.6 is 0 Å². The number of urea groups is 1. The first-order valence-electron chi connectivity index (χ1n) is 7.32. The fourth-order valence-electron chi connectivity index (χ4n) is 2.45. The molecule has 0 saturated carbocycles. The number of hydrogen-bond donors (Lipinski definition) is 2. The molecule has 3 N–H and O–H groups in total. The second-order valence-electron chi connectivity index (χ2n) is 5.74. The number of pyridine rings is 1. The van der Waals surface area contributed by atoms with Crippen molar-refractivity contribution < 1.29 is 14.3 Å². The molecule has 1 aliphatic rings. The van der Waals surface area contributed by atoms with Gasteiger partial charge in [0.05, 0.1) is 17.7 Å². The van der Waals surface area contributed by atoms with Crippen molar-refractivity contribution in [3.05, 3.63) is 17.8 Å². The Kier molecular flexibility index (Phi) is 4.54. The Balaban J connectivity index is 2.01. The SMILES string of the molecule is CCOc1ccc(NC(=O)N2CCC(C)(C(N)=O)C2)nc1C. The Hall–Kier alpha value is -2.31. The van der Waals surface area contributed by atoms with E-state index in [1.165, 1.54) is 0 Å². The number of anilines is 1. The molecule has 1 unspecified atom stereocenters. The highest BCUT2D eigenvalue weighted by molar-refractivity contribution is 5.90. The summed E-state index contributed by atoms with van der Waals surface area (Å²) in [5, 5.41) is 2.74. The van der Waals surface area contributed by atoms with E-state index < -0.39 is 5.41 Å². The van der Waals surface area contributed by atoms with E-state index in [9.17, 15) is 9.59 Å². The van der Waals surface area contributed by atoms with Crippen molar-refractivity contribution in [2.45, 2.75) is 27.2 Å². The molecule has 0 aliphatic carbocycles. The maximum atomic E-state index is 12.2. The Labute approximate surface area is 129 Å². The van der Waals surface area contributed by atoms with Gasteiger partial charge in [-0.15, -0.1) is 0 Å². The summed E-state index contributed by atoms with van der Waals surface area (Å²) in [6.07, 6.45) is 0.575. The monoisotopic (exact) mass is 306 g/mol. The van der Waals surface area contributed by atoms with E-state index in [0.29, 0.717) is 43.4 Å². The van der Waals surface area contributed by atoms with Crippen molar-refractivity contribution in [1.29, 1.82) is 0 Å². The van der Waals surface area contributed by atoms with E-state index in [1.807, 2.05) is 13.8 Å². The van der Waals surface area contributed by atoms with E-state index in [2.05, 4.69) is 10.3 Å². The van der Waals surface area contributed by atoms with Crippen LogP contribution in [0.4, 0.5) is 10.6 Å². The summed E-state index contributed by atoms with van der Waals surface area (Å²) >= 11 is 0. The van der Waals surface area contributed by atoms with Crippen LogP contribution in [0.25, 0.3) is 0 Å². The van der Waals surface area contributed by atoms with Crippen LogP contribution < -0.4 is 15.8 Å². The molecule has 0 aromatic carbocycles. The van der Waals surface area contributed by atoms with Crippen LogP contribution in [0.1, 0.15) is 26.0 Å². The summed E-state index contributed by atoms with van der Waals surface area (Å²) in [5.41, 5.74) is 5.45. The number of carbonyl (C=O) groups is 2. The minimum Gasteiger partial charge on any atom is -0.492 e. The van der Waals surface area contributed by atoms with Gasteiger partial charge in [-0.1, -0.05) is 0 Å². The number of amides is 3. The van der Waals surface area contributed by atoms with E-state index >= 15 is 0 Å². The van der Waals surface area contributed by atoms with Gasteiger partial charge >= 0.3 is 6.03 Å². The van der Waals surface area contributed by atoms with Gasteiger partial charge in [-0.3, -0.25) is 10.1 Å². The fourth-order valence-corrected chi connectivity index (χ4v) is 2.45. The predicted octanol–water partition coefficient (Wildman–Crippen LogP) is 1.52. The number of primary amides is 1. The van der Waals surface area contributed by atoms with Gasteiger partial charge < -0.3 is 15.4 Å². The molecule has 1 aliphatic heterocycles. The van der Waals surface area contributed by atoms with Crippen LogP contribution in [0.2, 0.25) is 0 Å². The smallest absolute Gasteiger partial charge is 0.323 e. The zero-order chi connectivity index (χ0) is 16.3. The summed E-state index contributed by atoms with van der Waals surface area (Å²) in [5.74, 6) is 0.777. The molecule has 1 saturated heterocycles. The number of nitrogens with one attached hydrogen (secondary N) is 1. The Bertz CT molecular complexity index is 590. The van der Waals surface area contributed by atoms with Gasteiger partial charge in [0, 0.05) is 13.1 Å². The number of nitrogens with two attached hydrogens (primary N) is 1. The van der Waals surface area contributed by atoms with Crippen LogP contribution in [-0.2, 0) is 4.79 Å². The maximum Gasteiger partial charge on any atom is 0.323 e.